The molecule has 258 valence electrons. The van der Waals surface area contributed by atoms with Crippen molar-refractivity contribution in [1.29, 1.82) is 0 Å². The zero-order valence-corrected chi connectivity index (χ0v) is 29.0. The van der Waals surface area contributed by atoms with E-state index in [1.54, 1.807) is 14.2 Å². The third-order valence-electron chi connectivity index (χ3n) is 12.4. The highest BCUT2D eigenvalue weighted by molar-refractivity contribution is 5.62. The number of likely N-dealkylation sites (N-methyl/N-ethyl adjacent to an activating group) is 1. The molecule has 1 unspecified atom stereocenters. The first-order chi connectivity index (χ1) is 23.0. The second-order valence-corrected chi connectivity index (χ2v) is 14.7. The van der Waals surface area contributed by atoms with Gasteiger partial charge >= 0.3 is 0 Å². The highest BCUT2D eigenvalue weighted by Gasteiger charge is 2.78. The molecule has 2 aromatic carbocycles. The number of rotatable bonds is 19. The van der Waals surface area contributed by atoms with Gasteiger partial charge in [-0.15, -0.1) is 0 Å². The Morgan fingerprint density at radius 3 is 2.38 bits per heavy atom. The van der Waals surface area contributed by atoms with Gasteiger partial charge < -0.3 is 33.2 Å². The molecule has 1 spiro atoms. The first-order valence-corrected chi connectivity index (χ1v) is 18.0. The normalized spacial score (nSPS) is 31.6. The van der Waals surface area contributed by atoms with Crippen LogP contribution >= 0.6 is 0 Å². The van der Waals surface area contributed by atoms with E-state index >= 15 is 0 Å². The Kier molecular flexibility index (Phi) is 9.90. The fraction of sp³-hybridized carbons (Fsp3) is 0.692. The van der Waals surface area contributed by atoms with E-state index < -0.39 is 5.60 Å². The van der Waals surface area contributed by atoms with E-state index in [1.807, 2.05) is 0 Å². The van der Waals surface area contributed by atoms with Crippen molar-refractivity contribution in [3.8, 4) is 11.5 Å². The lowest BCUT2D eigenvalue weighted by atomic mass is 9.37. The van der Waals surface area contributed by atoms with E-state index in [4.69, 9.17) is 33.2 Å². The van der Waals surface area contributed by atoms with Gasteiger partial charge in [-0.25, -0.2) is 0 Å². The van der Waals surface area contributed by atoms with Gasteiger partial charge in [-0.3, -0.25) is 4.90 Å². The summed E-state index contributed by atoms with van der Waals surface area (Å²) < 4.78 is 43.6. The van der Waals surface area contributed by atoms with Crippen LogP contribution in [-0.2, 0) is 42.1 Å². The lowest BCUT2D eigenvalue weighted by Crippen LogP contribution is -2.78. The van der Waals surface area contributed by atoms with Crippen LogP contribution in [0.2, 0.25) is 0 Å². The molecule has 0 amide bonds. The Morgan fingerprint density at radius 2 is 1.66 bits per heavy atom. The predicted molar refractivity (Wildman–Crippen MR) is 180 cm³/mol. The van der Waals surface area contributed by atoms with Crippen molar-refractivity contribution >= 4 is 0 Å². The molecule has 4 fully saturated rings. The number of nitrogens with zero attached hydrogens (tertiary/aromatic N) is 1. The van der Waals surface area contributed by atoms with Gasteiger partial charge in [0.1, 0.15) is 11.7 Å². The number of benzene rings is 2. The second-order valence-electron chi connectivity index (χ2n) is 14.7. The fourth-order valence-corrected chi connectivity index (χ4v) is 9.99. The van der Waals surface area contributed by atoms with Crippen molar-refractivity contribution in [2.45, 2.75) is 82.1 Å². The Bertz CT molecular complexity index is 1350. The molecule has 4 saturated carbocycles. The lowest BCUT2D eigenvalue weighted by Gasteiger charge is -2.71. The van der Waals surface area contributed by atoms with E-state index in [0.29, 0.717) is 58.9 Å². The molecule has 6 atom stereocenters. The summed E-state index contributed by atoms with van der Waals surface area (Å²) in [5, 5.41) is 0. The van der Waals surface area contributed by atoms with Crippen LogP contribution in [0.25, 0.3) is 0 Å². The quantitative estimate of drug-likeness (QED) is 0.177. The van der Waals surface area contributed by atoms with Gasteiger partial charge in [0, 0.05) is 36.6 Å². The lowest BCUT2D eigenvalue weighted by molar-refractivity contribution is -0.278. The van der Waals surface area contributed by atoms with Crippen LogP contribution in [0.5, 0.6) is 11.5 Å². The minimum atomic E-state index is -0.498. The summed E-state index contributed by atoms with van der Waals surface area (Å²) in [6.07, 6.45) is 6.80. The van der Waals surface area contributed by atoms with E-state index in [0.717, 1.165) is 49.6 Å². The van der Waals surface area contributed by atoms with E-state index in [2.05, 4.69) is 61.2 Å². The average molecular weight is 650 g/mol. The molecule has 1 aliphatic heterocycles. The van der Waals surface area contributed by atoms with Gasteiger partial charge in [0.15, 0.2) is 11.5 Å². The van der Waals surface area contributed by atoms with Crippen LogP contribution in [0.15, 0.2) is 42.5 Å². The molecule has 0 N–H and O–H groups in total. The first-order valence-electron chi connectivity index (χ1n) is 18.0. The van der Waals surface area contributed by atoms with Crippen molar-refractivity contribution in [3.63, 3.8) is 0 Å². The number of methoxy groups -OCH3 is 2. The largest absolute Gasteiger partial charge is 0.493 e. The molecule has 6 aliphatic rings. The average Bonchev–Trinajstić information content (AvgIpc) is 3.85. The molecule has 8 rings (SSSR count). The van der Waals surface area contributed by atoms with Crippen molar-refractivity contribution in [2.24, 2.45) is 17.3 Å². The van der Waals surface area contributed by atoms with Gasteiger partial charge in [-0.05, 0) is 73.6 Å². The molecular weight excluding hydrogens is 594 g/mol. The summed E-state index contributed by atoms with van der Waals surface area (Å²) in [6.45, 7) is 11.6. The molecule has 47 heavy (non-hydrogen) atoms. The van der Waals surface area contributed by atoms with Crippen LogP contribution in [0, 0.1) is 17.3 Å². The summed E-state index contributed by atoms with van der Waals surface area (Å²) >= 11 is 0. The molecule has 0 radical (unpaired) electrons. The topological polar surface area (TPSA) is 67.9 Å². The van der Waals surface area contributed by atoms with E-state index in [-0.39, 0.29) is 22.9 Å². The molecule has 8 heteroatoms. The minimum absolute atomic E-state index is 0.0507. The zero-order valence-electron chi connectivity index (χ0n) is 29.0. The van der Waals surface area contributed by atoms with Gasteiger partial charge in [-0.1, -0.05) is 50.2 Å². The van der Waals surface area contributed by atoms with Gasteiger partial charge in [0.05, 0.1) is 60.0 Å². The smallest absolute Gasteiger partial charge is 0.165 e. The number of hydrogen-bond donors (Lipinski definition) is 0. The summed E-state index contributed by atoms with van der Waals surface area (Å²) in [5.74, 6) is 2.81. The molecule has 0 saturated heterocycles. The maximum atomic E-state index is 7.25. The zero-order chi connectivity index (χ0) is 32.5. The van der Waals surface area contributed by atoms with Crippen molar-refractivity contribution < 1.29 is 33.2 Å². The van der Waals surface area contributed by atoms with Crippen LogP contribution in [-0.4, -0.2) is 96.2 Å². The van der Waals surface area contributed by atoms with E-state index in [9.17, 15) is 0 Å². The maximum absolute atomic E-state index is 7.25. The molecule has 1 heterocycles. The summed E-state index contributed by atoms with van der Waals surface area (Å²) in [7, 11) is 3.45. The highest BCUT2D eigenvalue weighted by Crippen LogP contribution is 2.74. The Hall–Kier alpha value is -2.20. The predicted octanol–water partition coefficient (Wildman–Crippen LogP) is 5.82. The van der Waals surface area contributed by atoms with Gasteiger partial charge in [0.2, 0.25) is 0 Å². The SMILES string of the molecule is CCN(CC1CC1)[C@@H]1Cc2ccc(OC)c3c2C2(C)[C@@H](O3)[C@@]3(OCCOCCOCCOC)CC[C@@]12C[C@@H]3COCc1ccccc1. The number of ether oxygens (including phenoxy) is 7. The van der Waals surface area contributed by atoms with Crippen molar-refractivity contribution in [2.75, 3.05) is 73.6 Å². The molecule has 0 aromatic heterocycles. The Labute approximate surface area is 281 Å². The number of hydrogen-bond acceptors (Lipinski definition) is 8. The van der Waals surface area contributed by atoms with Gasteiger partial charge in [-0.2, -0.15) is 0 Å². The van der Waals surface area contributed by atoms with Crippen molar-refractivity contribution in [1.82, 2.24) is 4.90 Å². The molecule has 5 aliphatic carbocycles. The third-order valence-corrected chi connectivity index (χ3v) is 12.4. The van der Waals surface area contributed by atoms with Crippen LogP contribution < -0.4 is 9.47 Å². The fourth-order valence-electron chi connectivity index (χ4n) is 9.99. The van der Waals surface area contributed by atoms with Crippen LogP contribution in [0.3, 0.4) is 0 Å². The summed E-state index contributed by atoms with van der Waals surface area (Å²) in [6, 6.07) is 15.4. The first kappa shape index (κ1) is 33.3. The monoisotopic (exact) mass is 649 g/mol. The Balaban J connectivity index is 1.20. The maximum Gasteiger partial charge on any atom is 0.165 e. The van der Waals surface area contributed by atoms with E-state index in [1.165, 1.54) is 36.1 Å². The Morgan fingerprint density at radius 1 is 0.894 bits per heavy atom. The molecule has 8 nitrogen and oxygen atoms in total. The van der Waals surface area contributed by atoms with Crippen molar-refractivity contribution in [3.05, 3.63) is 59.2 Å². The van der Waals surface area contributed by atoms with Crippen LogP contribution in [0.1, 0.15) is 62.6 Å². The standard InChI is InChI=1S/C39H55NO7/c1-5-40(25-28-11-12-28)33-23-30-13-14-32(42-4)35-34(30)37(2)36(47-35)39(46-22-21-44-20-19-43-18-17-41-3)16-15-38(33,37)24-31(39)27-45-26-29-9-7-6-8-10-29/h6-10,13-14,28,31,33,36H,5,11-12,15-27H2,1-4H3/t31-,33-,36-,37?,38-,39-/m1/s1. The number of fused-ring (bicyclic) bond motifs is 2. The molecular formula is C39H55NO7. The summed E-state index contributed by atoms with van der Waals surface area (Å²) in [5.41, 5.74) is 3.35. The third kappa shape index (κ3) is 5.81. The highest BCUT2D eigenvalue weighted by atomic mass is 16.6. The summed E-state index contributed by atoms with van der Waals surface area (Å²) in [4.78, 5) is 2.84. The van der Waals surface area contributed by atoms with Gasteiger partial charge in [0.25, 0.3) is 0 Å². The van der Waals surface area contributed by atoms with Crippen LogP contribution in [0.4, 0.5) is 0 Å². The molecule has 2 aromatic rings. The molecule has 2 bridgehead atoms. The second kappa shape index (κ2) is 14.0. The minimum Gasteiger partial charge on any atom is -0.493 e.